The molecule has 0 radical (unpaired) electrons. The van der Waals surface area contributed by atoms with Crippen LogP contribution < -0.4 is 4.74 Å². The summed E-state index contributed by atoms with van der Waals surface area (Å²) in [5.41, 5.74) is 0. The number of amides is 1. The smallest absolute Gasteiger partial charge is 0.406 e. The number of benzene rings is 1. The fourth-order valence-electron chi connectivity index (χ4n) is 2.51. The number of halogens is 3. The molecule has 1 amide bonds. The second kappa shape index (κ2) is 7.61. The molecule has 0 aromatic heterocycles. The van der Waals surface area contributed by atoms with Gasteiger partial charge in [-0.1, -0.05) is 6.92 Å². The van der Waals surface area contributed by atoms with E-state index in [1.54, 1.807) is 4.90 Å². The van der Waals surface area contributed by atoms with Gasteiger partial charge in [0.25, 0.3) is 0 Å². The van der Waals surface area contributed by atoms with Crippen molar-refractivity contribution in [3.8, 4) is 5.75 Å². The Morgan fingerprint density at radius 1 is 1.12 bits per heavy atom. The Bertz CT molecular complexity index is 696. The van der Waals surface area contributed by atoms with E-state index in [-0.39, 0.29) is 23.9 Å². The number of hydrogen-bond donors (Lipinski definition) is 0. The predicted molar refractivity (Wildman–Crippen MR) is 83.4 cm³/mol. The zero-order valence-corrected chi connectivity index (χ0v) is 14.4. The third-order valence-corrected chi connectivity index (χ3v) is 5.66. The molecule has 6 nitrogen and oxygen atoms in total. The molecule has 1 fully saturated rings. The van der Waals surface area contributed by atoms with Crippen molar-refractivity contribution in [2.24, 2.45) is 0 Å². The monoisotopic (exact) mass is 380 g/mol. The predicted octanol–water partition coefficient (Wildman–Crippen LogP) is 2.22. The van der Waals surface area contributed by atoms with Crippen LogP contribution in [0.1, 0.15) is 19.8 Å². The molecule has 1 aromatic rings. The van der Waals surface area contributed by atoms with Gasteiger partial charge in [0, 0.05) is 32.6 Å². The van der Waals surface area contributed by atoms with Crippen molar-refractivity contribution in [2.75, 3.05) is 26.2 Å². The summed E-state index contributed by atoms with van der Waals surface area (Å²) in [6.07, 6.45) is -3.68. The number of carbonyl (C=O) groups is 1. The first-order valence-electron chi connectivity index (χ1n) is 7.77. The zero-order chi connectivity index (χ0) is 18.7. The number of carbonyl (C=O) groups excluding carboxylic acids is 1. The van der Waals surface area contributed by atoms with Crippen molar-refractivity contribution in [1.82, 2.24) is 9.21 Å². The lowest BCUT2D eigenvalue weighted by atomic mass is 10.2. The van der Waals surface area contributed by atoms with Gasteiger partial charge in [-0.15, -0.1) is 13.2 Å². The topological polar surface area (TPSA) is 66.9 Å². The Kier molecular flexibility index (Phi) is 5.94. The molecular weight excluding hydrogens is 361 g/mol. The highest BCUT2D eigenvalue weighted by Crippen LogP contribution is 2.25. The van der Waals surface area contributed by atoms with E-state index in [2.05, 4.69) is 4.74 Å². The largest absolute Gasteiger partial charge is 0.573 e. The maximum atomic E-state index is 12.5. The second-order valence-corrected chi connectivity index (χ2v) is 7.49. The van der Waals surface area contributed by atoms with Crippen LogP contribution in [0, 0.1) is 0 Å². The van der Waals surface area contributed by atoms with Crippen molar-refractivity contribution in [1.29, 1.82) is 0 Å². The first kappa shape index (κ1) is 19.5. The lowest BCUT2D eigenvalue weighted by Gasteiger charge is -2.34. The maximum absolute atomic E-state index is 12.5. The van der Waals surface area contributed by atoms with E-state index in [0.29, 0.717) is 19.5 Å². The van der Waals surface area contributed by atoms with Crippen LogP contribution in [0.25, 0.3) is 0 Å². The molecule has 2 rings (SSSR count). The molecular formula is C15H19F3N2O4S. The average molecular weight is 380 g/mol. The number of rotatable bonds is 5. The van der Waals surface area contributed by atoms with Crippen LogP contribution in [-0.4, -0.2) is 56.1 Å². The van der Waals surface area contributed by atoms with E-state index in [1.807, 2.05) is 6.92 Å². The lowest BCUT2D eigenvalue weighted by Crippen LogP contribution is -2.50. The molecule has 10 heteroatoms. The molecule has 0 bridgehead atoms. The maximum Gasteiger partial charge on any atom is 0.573 e. The quantitative estimate of drug-likeness (QED) is 0.786. The van der Waals surface area contributed by atoms with E-state index in [1.165, 1.54) is 4.31 Å². The lowest BCUT2D eigenvalue weighted by molar-refractivity contribution is -0.274. The third-order valence-electron chi connectivity index (χ3n) is 3.75. The van der Waals surface area contributed by atoms with Gasteiger partial charge in [-0.3, -0.25) is 4.79 Å². The number of sulfonamides is 1. The van der Waals surface area contributed by atoms with Crippen molar-refractivity contribution < 1.29 is 31.1 Å². The van der Waals surface area contributed by atoms with E-state index in [0.717, 1.165) is 30.7 Å². The summed E-state index contributed by atoms with van der Waals surface area (Å²) < 4.78 is 66.5. The zero-order valence-electron chi connectivity index (χ0n) is 13.6. The number of alkyl halides is 3. The minimum atomic E-state index is -4.83. The van der Waals surface area contributed by atoms with E-state index in [4.69, 9.17) is 0 Å². The summed E-state index contributed by atoms with van der Waals surface area (Å²) in [7, 11) is -3.83. The number of nitrogens with zero attached hydrogens (tertiary/aromatic N) is 2. The highest BCUT2D eigenvalue weighted by molar-refractivity contribution is 7.89. The normalized spacial score (nSPS) is 16.7. The van der Waals surface area contributed by atoms with Crippen LogP contribution in [0.5, 0.6) is 5.75 Å². The Hall–Kier alpha value is -1.81. The Balaban J connectivity index is 2.03. The molecule has 25 heavy (non-hydrogen) atoms. The molecule has 1 saturated heterocycles. The fourth-order valence-corrected chi connectivity index (χ4v) is 3.93. The van der Waals surface area contributed by atoms with Gasteiger partial charge in [0.05, 0.1) is 4.90 Å². The minimum absolute atomic E-state index is 0.00630. The highest BCUT2D eigenvalue weighted by atomic mass is 32.2. The molecule has 0 unspecified atom stereocenters. The summed E-state index contributed by atoms with van der Waals surface area (Å²) in [6.45, 7) is 2.79. The second-order valence-electron chi connectivity index (χ2n) is 5.55. The molecule has 0 spiro atoms. The first-order valence-corrected chi connectivity index (χ1v) is 9.21. The van der Waals surface area contributed by atoms with Crippen LogP contribution in [0.4, 0.5) is 13.2 Å². The van der Waals surface area contributed by atoms with Crippen LogP contribution in [0.3, 0.4) is 0 Å². The number of ether oxygens (including phenoxy) is 1. The Morgan fingerprint density at radius 2 is 1.68 bits per heavy atom. The van der Waals surface area contributed by atoms with Crippen LogP contribution in [-0.2, 0) is 14.8 Å². The van der Waals surface area contributed by atoms with Crippen molar-refractivity contribution in [2.45, 2.75) is 31.0 Å². The fraction of sp³-hybridized carbons (Fsp3) is 0.533. The van der Waals surface area contributed by atoms with Gasteiger partial charge in [-0.05, 0) is 30.7 Å². The molecule has 1 aromatic carbocycles. The van der Waals surface area contributed by atoms with Crippen molar-refractivity contribution in [3.05, 3.63) is 24.3 Å². The van der Waals surface area contributed by atoms with Crippen molar-refractivity contribution in [3.63, 3.8) is 0 Å². The van der Waals surface area contributed by atoms with Crippen LogP contribution in [0.15, 0.2) is 29.2 Å². The van der Waals surface area contributed by atoms with Crippen LogP contribution >= 0.6 is 0 Å². The van der Waals surface area contributed by atoms with E-state index in [9.17, 15) is 26.4 Å². The molecule has 1 heterocycles. The molecule has 0 aliphatic carbocycles. The standard InChI is InChI=1S/C15H19F3N2O4S/c1-2-3-14(21)19-8-10-20(11-9-19)25(22,23)13-6-4-12(5-7-13)24-15(16,17)18/h4-7H,2-3,8-11H2,1H3. The van der Waals surface area contributed by atoms with E-state index >= 15 is 0 Å². The molecule has 140 valence electrons. The highest BCUT2D eigenvalue weighted by Gasteiger charge is 2.32. The Morgan fingerprint density at radius 3 is 2.16 bits per heavy atom. The average Bonchev–Trinajstić information content (AvgIpc) is 2.54. The van der Waals surface area contributed by atoms with E-state index < -0.39 is 22.1 Å². The van der Waals surface area contributed by atoms with Crippen molar-refractivity contribution >= 4 is 15.9 Å². The molecule has 0 atom stereocenters. The van der Waals surface area contributed by atoms with Gasteiger partial charge in [-0.2, -0.15) is 4.31 Å². The first-order chi connectivity index (χ1) is 11.6. The number of piperazine rings is 1. The molecule has 1 aliphatic rings. The minimum Gasteiger partial charge on any atom is -0.406 e. The molecule has 0 N–H and O–H groups in total. The van der Waals surface area contributed by atoms with Gasteiger partial charge in [0.1, 0.15) is 5.75 Å². The molecule has 0 saturated carbocycles. The summed E-state index contributed by atoms with van der Waals surface area (Å²) in [5, 5.41) is 0. The van der Waals surface area contributed by atoms with Gasteiger partial charge >= 0.3 is 6.36 Å². The Labute approximate surface area is 144 Å². The van der Waals surface area contributed by atoms with Gasteiger partial charge in [0.2, 0.25) is 15.9 Å². The summed E-state index contributed by atoms with van der Waals surface area (Å²) in [6, 6.07) is 4.07. The van der Waals surface area contributed by atoms with Gasteiger partial charge < -0.3 is 9.64 Å². The van der Waals surface area contributed by atoms with Crippen LogP contribution in [0.2, 0.25) is 0 Å². The number of hydrogen-bond acceptors (Lipinski definition) is 4. The summed E-state index contributed by atoms with van der Waals surface area (Å²) in [4.78, 5) is 13.3. The SMILES string of the molecule is CCCC(=O)N1CCN(S(=O)(=O)c2ccc(OC(F)(F)F)cc2)CC1. The van der Waals surface area contributed by atoms with Gasteiger partial charge in [0.15, 0.2) is 0 Å². The molecule has 1 aliphatic heterocycles. The van der Waals surface area contributed by atoms with Gasteiger partial charge in [-0.25, -0.2) is 8.42 Å². The third kappa shape index (κ3) is 5.08. The summed E-state index contributed by atoms with van der Waals surface area (Å²) in [5.74, 6) is -0.491. The summed E-state index contributed by atoms with van der Waals surface area (Å²) >= 11 is 0.